The Morgan fingerprint density at radius 1 is 0.591 bits per heavy atom. The third kappa shape index (κ3) is 10.3. The van der Waals surface area contributed by atoms with Crippen molar-refractivity contribution in [3.05, 3.63) is 58.7 Å². The average Bonchev–Trinajstić information content (AvgIpc) is 3.03. The molecule has 0 radical (unpaired) electrons. The highest BCUT2D eigenvalue weighted by atomic mass is 16.3. The van der Waals surface area contributed by atoms with Gasteiger partial charge in [-0.05, 0) is 73.9 Å². The molecule has 0 saturated heterocycles. The molecule has 0 spiro atoms. The molecule has 0 unspecified atom stereocenters. The molecule has 0 saturated carbocycles. The quantitative estimate of drug-likeness (QED) is 0.0759. The monoisotopic (exact) mass is 610 g/mol. The fourth-order valence-corrected chi connectivity index (χ4v) is 5.06. The van der Waals surface area contributed by atoms with Gasteiger partial charge in [-0.1, -0.05) is 84.8 Å². The number of hydrogen-bond donors (Lipinski definition) is 6. The Hall–Kier alpha value is -4.08. The molecular weight excluding hydrogens is 560 g/mol. The molecule has 2 rings (SSSR count). The Bertz CT molecular complexity index is 1180. The summed E-state index contributed by atoms with van der Waals surface area (Å²) in [6.07, 6.45) is 9.99. The summed E-state index contributed by atoms with van der Waals surface area (Å²) < 4.78 is 0. The Labute approximate surface area is 261 Å². The maximum atomic E-state index is 13.6. The normalized spacial score (nSPS) is 11.1. The number of nitrogens with one attached hydrogen (secondary N) is 4. The van der Waals surface area contributed by atoms with E-state index >= 15 is 0 Å². The largest absolute Gasteiger partial charge is 0.507 e. The molecule has 0 bridgehead atoms. The minimum Gasteiger partial charge on any atom is -0.507 e. The van der Waals surface area contributed by atoms with Gasteiger partial charge in [0.05, 0.1) is 11.1 Å². The Morgan fingerprint density at radius 3 is 1.43 bits per heavy atom. The number of rotatable bonds is 17. The predicted molar refractivity (Wildman–Crippen MR) is 171 cm³/mol. The van der Waals surface area contributed by atoms with Gasteiger partial charge in [0.15, 0.2) is 0 Å². The van der Waals surface area contributed by atoms with Gasteiger partial charge in [0.25, 0.3) is 23.6 Å². The highest BCUT2D eigenvalue weighted by molar-refractivity contribution is 6.07. The molecule has 0 aliphatic heterocycles. The van der Waals surface area contributed by atoms with Crippen LogP contribution in [0.15, 0.2) is 36.4 Å². The maximum Gasteiger partial charge on any atom is 0.273 e. The van der Waals surface area contributed by atoms with Crippen molar-refractivity contribution in [3.63, 3.8) is 0 Å². The Kier molecular flexibility index (Phi) is 15.2. The number of phenols is 2. The molecule has 0 aromatic heterocycles. The lowest BCUT2D eigenvalue weighted by molar-refractivity contribution is -0.145. The van der Waals surface area contributed by atoms with E-state index in [1.807, 2.05) is 0 Å². The lowest BCUT2D eigenvalue weighted by Crippen LogP contribution is -2.58. The van der Waals surface area contributed by atoms with E-state index in [9.17, 15) is 29.4 Å². The predicted octanol–water partition coefficient (Wildman–Crippen LogP) is 5.76. The van der Waals surface area contributed by atoms with E-state index in [0.29, 0.717) is 6.42 Å². The Balaban J connectivity index is 2.20. The molecular formula is C34H50N4O6. The van der Waals surface area contributed by atoms with Crippen molar-refractivity contribution < 1.29 is 29.4 Å². The Morgan fingerprint density at radius 2 is 1.02 bits per heavy atom. The number of unbranched alkanes of at least 4 members (excludes halogenated alkanes) is 6. The second-order valence-corrected chi connectivity index (χ2v) is 11.3. The number of phenolic OH excluding ortho intramolecular Hbond substituents is 2. The standard InChI is InChI=1S/C34H50N4O6/c1-5-9-12-13-14-21-34(8-4,32(43)37-35-30(41)26-22-24(15-10-6-2)17-19-28(26)39)33(44)38-36-31(42)27-23-25(16-11-7-3)18-20-29(27)40/h17-20,22-23,39-40H,5-16,21H2,1-4H3,(H,35,41)(H,36,42)(H,37,43)(H,38,44). The van der Waals surface area contributed by atoms with Crippen molar-refractivity contribution in [1.82, 2.24) is 21.7 Å². The summed E-state index contributed by atoms with van der Waals surface area (Å²) >= 11 is 0. The lowest BCUT2D eigenvalue weighted by atomic mass is 9.78. The first kappa shape index (κ1) is 36.1. The molecule has 0 fully saturated rings. The number of benzene rings is 2. The highest BCUT2D eigenvalue weighted by Crippen LogP contribution is 2.30. The van der Waals surface area contributed by atoms with Crippen LogP contribution in [-0.4, -0.2) is 33.8 Å². The molecule has 242 valence electrons. The molecule has 6 N–H and O–H groups in total. The molecule has 4 amide bonds. The van der Waals surface area contributed by atoms with E-state index < -0.39 is 29.0 Å². The third-order valence-corrected chi connectivity index (χ3v) is 8.01. The van der Waals surface area contributed by atoms with Gasteiger partial charge in [-0.15, -0.1) is 0 Å². The number of carbonyl (C=O) groups is 4. The van der Waals surface area contributed by atoms with Crippen LogP contribution in [0.25, 0.3) is 0 Å². The average molecular weight is 611 g/mol. The fraction of sp³-hybridized carbons (Fsp3) is 0.529. The zero-order chi connectivity index (χ0) is 32.5. The van der Waals surface area contributed by atoms with Crippen LogP contribution in [0.2, 0.25) is 0 Å². The van der Waals surface area contributed by atoms with Crippen LogP contribution < -0.4 is 21.7 Å². The van der Waals surface area contributed by atoms with Gasteiger partial charge < -0.3 is 10.2 Å². The van der Waals surface area contributed by atoms with Gasteiger partial charge in [0.2, 0.25) is 0 Å². The van der Waals surface area contributed by atoms with E-state index in [4.69, 9.17) is 0 Å². The molecule has 10 nitrogen and oxygen atoms in total. The maximum absolute atomic E-state index is 13.6. The fourth-order valence-electron chi connectivity index (χ4n) is 5.06. The summed E-state index contributed by atoms with van der Waals surface area (Å²) in [4.78, 5) is 53.1. The van der Waals surface area contributed by atoms with E-state index in [2.05, 4.69) is 42.5 Å². The highest BCUT2D eigenvalue weighted by Gasteiger charge is 2.44. The smallest absolute Gasteiger partial charge is 0.273 e. The van der Waals surface area contributed by atoms with Crippen LogP contribution in [0.3, 0.4) is 0 Å². The molecule has 0 aliphatic carbocycles. The van der Waals surface area contributed by atoms with Crippen molar-refractivity contribution in [2.75, 3.05) is 0 Å². The molecule has 0 aliphatic rings. The van der Waals surface area contributed by atoms with Crippen LogP contribution in [0.5, 0.6) is 11.5 Å². The van der Waals surface area contributed by atoms with Gasteiger partial charge in [0.1, 0.15) is 16.9 Å². The summed E-state index contributed by atoms with van der Waals surface area (Å²) in [5, 5.41) is 20.6. The molecule has 0 heterocycles. The summed E-state index contributed by atoms with van der Waals surface area (Å²) in [5.74, 6) is -3.35. The first-order valence-electron chi connectivity index (χ1n) is 16.0. The summed E-state index contributed by atoms with van der Waals surface area (Å²) in [5.41, 5.74) is 9.66. The van der Waals surface area contributed by atoms with E-state index in [0.717, 1.165) is 75.3 Å². The van der Waals surface area contributed by atoms with Crippen LogP contribution in [0, 0.1) is 5.41 Å². The zero-order valence-electron chi connectivity index (χ0n) is 26.7. The van der Waals surface area contributed by atoms with Crippen molar-refractivity contribution in [1.29, 1.82) is 0 Å². The van der Waals surface area contributed by atoms with Gasteiger partial charge in [-0.2, -0.15) is 0 Å². The number of hydrazine groups is 2. The van der Waals surface area contributed by atoms with E-state index in [1.54, 1.807) is 31.2 Å². The lowest BCUT2D eigenvalue weighted by Gasteiger charge is -2.30. The summed E-state index contributed by atoms with van der Waals surface area (Å²) in [6, 6.07) is 9.57. The van der Waals surface area contributed by atoms with Crippen LogP contribution in [-0.2, 0) is 22.4 Å². The van der Waals surface area contributed by atoms with E-state index in [-0.39, 0.29) is 35.5 Å². The van der Waals surface area contributed by atoms with Gasteiger partial charge in [-0.25, -0.2) is 0 Å². The number of amides is 4. The first-order valence-corrected chi connectivity index (χ1v) is 16.0. The number of aromatic hydroxyl groups is 2. The van der Waals surface area contributed by atoms with E-state index in [1.165, 1.54) is 12.1 Å². The van der Waals surface area contributed by atoms with Crippen LogP contribution in [0.1, 0.15) is 130 Å². The third-order valence-electron chi connectivity index (χ3n) is 8.01. The molecule has 10 heteroatoms. The van der Waals surface area contributed by atoms with Crippen LogP contribution >= 0.6 is 0 Å². The number of aryl methyl sites for hydroxylation is 2. The molecule has 2 aromatic carbocycles. The second-order valence-electron chi connectivity index (χ2n) is 11.3. The zero-order valence-corrected chi connectivity index (χ0v) is 26.7. The summed E-state index contributed by atoms with van der Waals surface area (Å²) in [6.45, 7) is 7.91. The minimum atomic E-state index is -1.61. The topological polar surface area (TPSA) is 157 Å². The van der Waals surface area contributed by atoms with Gasteiger partial charge >= 0.3 is 0 Å². The molecule has 0 atom stereocenters. The summed E-state index contributed by atoms with van der Waals surface area (Å²) in [7, 11) is 0. The van der Waals surface area contributed by atoms with Crippen molar-refractivity contribution in [2.24, 2.45) is 5.41 Å². The number of hydrogen-bond acceptors (Lipinski definition) is 6. The first-order chi connectivity index (χ1) is 21.1. The van der Waals surface area contributed by atoms with Crippen LogP contribution in [0.4, 0.5) is 0 Å². The van der Waals surface area contributed by atoms with Crippen molar-refractivity contribution >= 4 is 23.6 Å². The van der Waals surface area contributed by atoms with Gasteiger partial charge in [0, 0.05) is 0 Å². The number of carbonyl (C=O) groups excluding carboxylic acids is 4. The van der Waals surface area contributed by atoms with Crippen molar-refractivity contribution in [2.45, 2.75) is 111 Å². The van der Waals surface area contributed by atoms with Gasteiger partial charge in [-0.3, -0.25) is 40.9 Å². The van der Waals surface area contributed by atoms with Crippen molar-refractivity contribution in [3.8, 4) is 11.5 Å². The molecule has 2 aromatic rings. The second kappa shape index (κ2) is 18.6. The molecule has 44 heavy (non-hydrogen) atoms. The minimum absolute atomic E-state index is 0.0123. The SMILES string of the molecule is CCCCCCCC(CC)(C(=O)NNC(=O)c1cc(CCCC)ccc1O)C(=O)NNC(=O)c1cc(CCCC)ccc1O.